The van der Waals surface area contributed by atoms with E-state index >= 15 is 0 Å². The van der Waals surface area contributed by atoms with Gasteiger partial charge in [-0.2, -0.15) is 0 Å². The number of nitroso groups, excluding NO2 is 1. The Labute approximate surface area is 64.9 Å². The van der Waals surface area contributed by atoms with Crippen LogP contribution in [0.5, 0.6) is 0 Å². The third-order valence-corrected chi connectivity index (χ3v) is 0.913. The van der Waals surface area contributed by atoms with E-state index in [0.29, 0.717) is 0 Å². The lowest BCUT2D eigenvalue weighted by atomic mass is 10.4. The average molecular weight is 157 g/mol. The second-order valence-corrected chi connectivity index (χ2v) is 1.78. The van der Waals surface area contributed by atoms with Crippen molar-refractivity contribution in [3.05, 3.63) is 34.4 Å². The highest BCUT2D eigenvalue weighted by atomic mass is 16.6. The molecule has 0 saturated heterocycles. The highest BCUT2D eigenvalue weighted by Gasteiger charge is 1.86. The Hall–Kier alpha value is -1.20. The monoisotopic (exact) mass is 157 g/mol. The van der Waals surface area contributed by atoms with E-state index in [-0.39, 0.29) is 6.54 Å². The van der Waals surface area contributed by atoms with Gasteiger partial charge in [-0.3, -0.25) is 0 Å². The maximum Gasteiger partial charge on any atom is 0.120 e. The van der Waals surface area contributed by atoms with E-state index in [0.717, 1.165) is 0 Å². The molecule has 0 fully saturated rings. The molecule has 0 aromatic carbocycles. The fraction of sp³-hybridized carbons (Fsp3) is 0.333. The van der Waals surface area contributed by atoms with Gasteiger partial charge < -0.3 is 5.21 Å². The van der Waals surface area contributed by atoms with Crippen molar-refractivity contribution < 1.29 is 5.17 Å². The zero-order chi connectivity index (χ0) is 8.53. The molecule has 5 nitrogen and oxygen atoms in total. The molecule has 0 aliphatic heterocycles. The first-order valence-electron chi connectivity index (χ1n) is 3.20. The second kappa shape index (κ2) is 6.91. The van der Waals surface area contributed by atoms with Gasteiger partial charge >= 0.3 is 0 Å². The summed E-state index contributed by atoms with van der Waals surface area (Å²) in [7, 11) is 0. The summed E-state index contributed by atoms with van der Waals surface area (Å²) in [5.74, 6) is 0. The van der Waals surface area contributed by atoms with Gasteiger partial charge in [0.25, 0.3) is 0 Å². The summed E-state index contributed by atoms with van der Waals surface area (Å²) in [6, 6.07) is 0. The summed E-state index contributed by atoms with van der Waals surface area (Å²) in [6.07, 6.45) is 7.00. The van der Waals surface area contributed by atoms with Gasteiger partial charge in [-0.15, -0.1) is 10.4 Å². The standard InChI is InChI=1S/C6H11N3O2/c1-2-3-4-5-6-9(11)7-8-10/h2-5,9H,6H2,1H3,(H,7,10)/b3-2-,5-4+. The van der Waals surface area contributed by atoms with E-state index in [2.05, 4.69) is 5.29 Å². The van der Waals surface area contributed by atoms with Gasteiger partial charge in [0, 0.05) is 0 Å². The predicted octanol–water partition coefficient (Wildman–Crippen LogP) is -0.313. The number of hydrogen-bond donors (Lipinski definition) is 2. The molecule has 0 aromatic heterocycles. The van der Waals surface area contributed by atoms with Gasteiger partial charge in [0.05, 0.1) is 5.29 Å². The molecule has 0 aliphatic carbocycles. The van der Waals surface area contributed by atoms with Crippen LogP contribution in [0.15, 0.2) is 29.6 Å². The average Bonchev–Trinajstić information content (AvgIpc) is 1.99. The Morgan fingerprint density at radius 1 is 1.64 bits per heavy atom. The molecule has 62 valence electrons. The number of hydrogen-bond acceptors (Lipinski definition) is 3. The molecule has 1 unspecified atom stereocenters. The van der Waals surface area contributed by atoms with Crippen molar-refractivity contribution in [3.8, 4) is 0 Å². The number of allylic oxidation sites excluding steroid dienone is 3. The quantitative estimate of drug-likeness (QED) is 0.326. The third kappa shape index (κ3) is 6.69. The molecule has 11 heavy (non-hydrogen) atoms. The van der Waals surface area contributed by atoms with Crippen molar-refractivity contribution in [1.82, 2.24) is 5.53 Å². The number of hydroxylamine groups is 1. The summed E-state index contributed by atoms with van der Waals surface area (Å²) >= 11 is 0. The van der Waals surface area contributed by atoms with Gasteiger partial charge in [0.1, 0.15) is 6.54 Å². The molecule has 0 rings (SSSR count). The molecule has 0 saturated carbocycles. The van der Waals surface area contributed by atoms with Crippen LogP contribution in [0.25, 0.3) is 0 Å². The maximum atomic E-state index is 10.5. The predicted molar refractivity (Wildman–Crippen MR) is 42.1 cm³/mol. The minimum Gasteiger partial charge on any atom is -0.606 e. The molecule has 1 atom stereocenters. The molecule has 0 amide bonds. The molecule has 5 heteroatoms. The molecule has 0 spiro atoms. The summed E-state index contributed by atoms with van der Waals surface area (Å²) < 4.78 is 0. The molecular weight excluding hydrogens is 146 g/mol. The van der Waals surface area contributed by atoms with Crippen LogP contribution in [0.3, 0.4) is 0 Å². The summed E-state index contributed by atoms with van der Waals surface area (Å²) in [4.78, 5) is 9.48. The Kier molecular flexibility index (Phi) is 6.16. The van der Waals surface area contributed by atoms with Crippen molar-refractivity contribution >= 4 is 0 Å². The molecule has 0 heterocycles. The minimum atomic E-state index is -0.402. The lowest BCUT2D eigenvalue weighted by Crippen LogP contribution is -3.13. The zero-order valence-corrected chi connectivity index (χ0v) is 6.28. The lowest BCUT2D eigenvalue weighted by molar-refractivity contribution is -0.891. The molecule has 0 radical (unpaired) electrons. The Balaban J connectivity index is 3.43. The highest BCUT2D eigenvalue weighted by Crippen LogP contribution is 1.71. The largest absolute Gasteiger partial charge is 0.606 e. The molecule has 2 N–H and O–H groups in total. The van der Waals surface area contributed by atoms with E-state index < -0.39 is 5.17 Å². The van der Waals surface area contributed by atoms with Crippen LogP contribution in [0, 0.1) is 10.1 Å². The first-order valence-corrected chi connectivity index (χ1v) is 3.20. The highest BCUT2D eigenvalue weighted by molar-refractivity contribution is 5.00. The van der Waals surface area contributed by atoms with Crippen molar-refractivity contribution in [3.63, 3.8) is 0 Å². The van der Waals surface area contributed by atoms with Crippen LogP contribution >= 0.6 is 0 Å². The topological polar surface area (TPSA) is 69.0 Å². The van der Waals surface area contributed by atoms with Crippen LogP contribution in [0.4, 0.5) is 0 Å². The lowest BCUT2D eigenvalue weighted by Gasteiger charge is -2.14. The maximum absolute atomic E-state index is 10.5. The van der Waals surface area contributed by atoms with Gasteiger partial charge in [0.2, 0.25) is 0 Å². The van der Waals surface area contributed by atoms with Gasteiger partial charge in [-0.05, 0) is 13.0 Å². The first-order chi connectivity index (χ1) is 5.31. The smallest absolute Gasteiger partial charge is 0.120 e. The van der Waals surface area contributed by atoms with Crippen molar-refractivity contribution in [2.75, 3.05) is 6.54 Å². The number of quaternary nitrogens is 1. The third-order valence-electron chi connectivity index (χ3n) is 0.913. The molecule has 0 aromatic rings. The van der Waals surface area contributed by atoms with Crippen molar-refractivity contribution in [1.29, 1.82) is 0 Å². The molecule has 0 bridgehead atoms. The number of nitrogens with one attached hydrogen (secondary N) is 2. The second-order valence-electron chi connectivity index (χ2n) is 1.78. The number of nitrogens with zero attached hydrogens (tertiary/aromatic N) is 1. The first kappa shape index (κ1) is 9.80. The Bertz CT molecular complexity index is 156. The van der Waals surface area contributed by atoms with Crippen LogP contribution < -0.4 is 10.7 Å². The van der Waals surface area contributed by atoms with Crippen molar-refractivity contribution in [2.24, 2.45) is 5.29 Å². The fourth-order valence-electron chi connectivity index (χ4n) is 0.461. The van der Waals surface area contributed by atoms with Crippen LogP contribution in [0.1, 0.15) is 6.92 Å². The minimum absolute atomic E-state index is 0.177. The van der Waals surface area contributed by atoms with Crippen LogP contribution in [-0.4, -0.2) is 6.54 Å². The van der Waals surface area contributed by atoms with E-state index in [1.54, 1.807) is 23.8 Å². The van der Waals surface area contributed by atoms with E-state index in [1.165, 1.54) is 0 Å². The van der Waals surface area contributed by atoms with Crippen LogP contribution in [-0.2, 0) is 0 Å². The number of rotatable bonds is 5. The summed E-state index contributed by atoms with van der Waals surface area (Å²) in [5, 5.41) is 12.4. The van der Waals surface area contributed by atoms with Gasteiger partial charge in [-0.1, -0.05) is 18.2 Å². The molecule has 0 aliphatic rings. The van der Waals surface area contributed by atoms with Crippen LogP contribution in [0.2, 0.25) is 0 Å². The normalized spacial score (nSPS) is 14.0. The zero-order valence-electron chi connectivity index (χ0n) is 6.28. The Morgan fingerprint density at radius 2 is 2.36 bits per heavy atom. The van der Waals surface area contributed by atoms with Crippen molar-refractivity contribution in [2.45, 2.75) is 6.92 Å². The SMILES string of the molecule is C/C=C\C=C\C[NH+]([O-])NN=O. The van der Waals surface area contributed by atoms with Gasteiger partial charge in [0.15, 0.2) is 0 Å². The summed E-state index contributed by atoms with van der Waals surface area (Å²) in [5.41, 5.74) is 1.78. The summed E-state index contributed by atoms with van der Waals surface area (Å²) in [6.45, 7) is 2.05. The van der Waals surface area contributed by atoms with E-state index in [4.69, 9.17) is 0 Å². The fourth-order valence-corrected chi connectivity index (χ4v) is 0.461. The van der Waals surface area contributed by atoms with E-state index in [9.17, 15) is 10.1 Å². The van der Waals surface area contributed by atoms with E-state index in [1.807, 2.05) is 13.0 Å². The Morgan fingerprint density at radius 3 is 2.91 bits per heavy atom. The van der Waals surface area contributed by atoms with Gasteiger partial charge in [-0.25, -0.2) is 5.17 Å². The molecular formula is C6H11N3O2.